The first-order valence-electron chi connectivity index (χ1n) is 6.13. The molecular weight excluding hydrogens is 329 g/mol. The molecule has 0 bridgehead atoms. The molecule has 2 heterocycles. The van der Waals surface area contributed by atoms with Gasteiger partial charge in [-0.05, 0) is 25.7 Å². The summed E-state index contributed by atoms with van der Waals surface area (Å²) in [7, 11) is -0.201. The van der Waals surface area contributed by atoms with Crippen molar-refractivity contribution >= 4 is 22.1 Å². The van der Waals surface area contributed by atoms with E-state index in [-0.39, 0.29) is 29.0 Å². The lowest BCUT2D eigenvalue weighted by atomic mass is 10.2. The minimum atomic E-state index is -4.58. The number of aromatic nitrogens is 3. The van der Waals surface area contributed by atoms with E-state index in [4.69, 9.17) is 12.2 Å². The summed E-state index contributed by atoms with van der Waals surface area (Å²) in [5, 5.41) is 3.49. The van der Waals surface area contributed by atoms with Crippen molar-refractivity contribution in [2.24, 2.45) is 7.05 Å². The van der Waals surface area contributed by atoms with E-state index in [0.29, 0.717) is 6.42 Å². The van der Waals surface area contributed by atoms with Crippen molar-refractivity contribution in [3.8, 4) is 0 Å². The van der Waals surface area contributed by atoms with Gasteiger partial charge in [0.2, 0.25) is 5.82 Å². The van der Waals surface area contributed by atoms with Crippen LogP contribution in [0.2, 0.25) is 0 Å². The first-order chi connectivity index (χ1) is 9.51. The topological polar surface area (TPSA) is 60.1 Å². The molecule has 0 N–H and O–H groups in total. The number of halogens is 3. The Bertz CT molecular complexity index is 692. The summed E-state index contributed by atoms with van der Waals surface area (Å²) in [5.41, 5.74) is 0. The summed E-state index contributed by atoms with van der Waals surface area (Å²) in [6.45, 7) is 0.0168. The van der Waals surface area contributed by atoms with Gasteiger partial charge in [-0.25, -0.2) is 13.1 Å². The first-order valence-corrected chi connectivity index (χ1v) is 8.36. The molecule has 0 spiro atoms. The van der Waals surface area contributed by atoms with E-state index >= 15 is 0 Å². The molecule has 1 aliphatic heterocycles. The molecule has 2 rings (SSSR count). The predicted octanol–water partition coefficient (Wildman–Crippen LogP) is 1.05. The quantitative estimate of drug-likeness (QED) is 0.767. The van der Waals surface area contributed by atoms with E-state index in [0.717, 1.165) is 9.25 Å². The molecule has 6 nitrogen and oxygen atoms in total. The minimum absolute atomic E-state index is 0.00971. The third kappa shape index (κ3) is 3.46. The Morgan fingerprint density at radius 1 is 1.48 bits per heavy atom. The third-order valence-corrected chi connectivity index (χ3v) is 5.72. The van der Waals surface area contributed by atoms with Crippen molar-refractivity contribution in [1.29, 1.82) is 0 Å². The van der Waals surface area contributed by atoms with Gasteiger partial charge in [0.05, 0.1) is 18.2 Å². The second-order valence-corrected chi connectivity index (χ2v) is 7.71. The van der Waals surface area contributed by atoms with Crippen LogP contribution in [0.25, 0.3) is 0 Å². The molecule has 1 aromatic rings. The van der Waals surface area contributed by atoms with Gasteiger partial charge >= 0.3 is 6.18 Å². The normalized spacial score (nSPS) is 22.1. The molecule has 1 aliphatic rings. The van der Waals surface area contributed by atoms with Gasteiger partial charge in [-0.15, -0.1) is 5.10 Å². The fourth-order valence-electron chi connectivity index (χ4n) is 2.28. The maximum Gasteiger partial charge on any atom is 0.451 e. The van der Waals surface area contributed by atoms with Gasteiger partial charge in [0.15, 0.2) is 14.6 Å². The van der Waals surface area contributed by atoms with Gasteiger partial charge in [0, 0.05) is 13.1 Å². The van der Waals surface area contributed by atoms with Crippen molar-refractivity contribution in [1.82, 2.24) is 19.2 Å². The van der Waals surface area contributed by atoms with Crippen LogP contribution >= 0.6 is 12.2 Å². The van der Waals surface area contributed by atoms with E-state index in [2.05, 4.69) is 5.10 Å². The average Bonchev–Trinajstić information content (AvgIpc) is 2.83. The molecule has 0 saturated carbocycles. The fraction of sp³-hybridized carbons (Fsp3) is 0.800. The lowest BCUT2D eigenvalue weighted by Crippen LogP contribution is -2.34. The zero-order chi connectivity index (χ0) is 16.0. The maximum atomic E-state index is 12.7. The van der Waals surface area contributed by atoms with Gasteiger partial charge in [-0.1, -0.05) is 0 Å². The van der Waals surface area contributed by atoms with Gasteiger partial charge in [0.1, 0.15) is 0 Å². The number of hydrogen-bond donors (Lipinski definition) is 0. The fourth-order valence-corrected chi connectivity index (χ4v) is 4.27. The molecule has 0 aliphatic carbocycles. The summed E-state index contributed by atoms with van der Waals surface area (Å²) in [6.07, 6.45) is -4.12. The Kier molecular flexibility index (Phi) is 4.19. The summed E-state index contributed by atoms with van der Waals surface area (Å²) in [6, 6.07) is -0.228. The van der Waals surface area contributed by atoms with Gasteiger partial charge in [-0.3, -0.25) is 9.47 Å². The van der Waals surface area contributed by atoms with Crippen LogP contribution in [-0.4, -0.2) is 52.3 Å². The number of sulfone groups is 1. The highest BCUT2D eigenvalue weighted by atomic mass is 32.2. The molecule has 21 heavy (non-hydrogen) atoms. The lowest BCUT2D eigenvalue weighted by molar-refractivity contribution is -0.147. The molecule has 1 unspecified atom stereocenters. The first kappa shape index (κ1) is 16.4. The molecule has 0 amide bonds. The molecule has 1 fully saturated rings. The van der Waals surface area contributed by atoms with E-state index in [1.54, 1.807) is 11.9 Å². The highest BCUT2D eigenvalue weighted by Gasteiger charge is 2.38. The Morgan fingerprint density at radius 3 is 2.52 bits per heavy atom. The maximum absolute atomic E-state index is 12.7. The minimum Gasteiger partial charge on any atom is -0.299 e. The van der Waals surface area contributed by atoms with Crippen LogP contribution in [-0.2, 0) is 29.7 Å². The molecule has 1 aromatic heterocycles. The monoisotopic (exact) mass is 344 g/mol. The summed E-state index contributed by atoms with van der Waals surface area (Å²) >= 11 is 4.94. The highest BCUT2D eigenvalue weighted by molar-refractivity contribution is 7.91. The molecule has 120 valence electrons. The van der Waals surface area contributed by atoms with E-state index in [9.17, 15) is 21.6 Å². The van der Waals surface area contributed by atoms with Crippen molar-refractivity contribution in [2.75, 3.05) is 18.6 Å². The number of hydrogen-bond acceptors (Lipinski definition) is 5. The third-order valence-electron chi connectivity index (χ3n) is 3.48. The Hall–Kier alpha value is -0.940. The van der Waals surface area contributed by atoms with Crippen LogP contribution in [0.3, 0.4) is 0 Å². The SMILES string of the molecule is CN(Cn1nc(C(F)(F)F)n(C)c1=S)C1CCS(=O)(=O)C1. The summed E-state index contributed by atoms with van der Waals surface area (Å²) in [4.78, 5) is 1.66. The molecule has 1 saturated heterocycles. The molecule has 0 radical (unpaired) electrons. The van der Waals surface area contributed by atoms with E-state index in [1.165, 1.54) is 7.05 Å². The average molecular weight is 344 g/mol. The highest BCUT2D eigenvalue weighted by Crippen LogP contribution is 2.27. The molecular formula is C10H15F3N4O2S2. The molecule has 1 atom stereocenters. The largest absolute Gasteiger partial charge is 0.451 e. The van der Waals surface area contributed by atoms with E-state index < -0.39 is 21.8 Å². The van der Waals surface area contributed by atoms with Crippen LogP contribution in [0.1, 0.15) is 12.2 Å². The van der Waals surface area contributed by atoms with Crippen LogP contribution in [0.15, 0.2) is 0 Å². The Labute approximate surface area is 125 Å². The second kappa shape index (κ2) is 5.36. The lowest BCUT2D eigenvalue weighted by Gasteiger charge is -2.22. The van der Waals surface area contributed by atoms with Crippen LogP contribution in [0, 0.1) is 4.77 Å². The van der Waals surface area contributed by atoms with E-state index in [1.807, 2.05) is 0 Å². The van der Waals surface area contributed by atoms with Crippen molar-refractivity contribution < 1.29 is 21.6 Å². The summed E-state index contributed by atoms with van der Waals surface area (Å²) < 4.78 is 62.9. The van der Waals surface area contributed by atoms with Crippen LogP contribution in [0.4, 0.5) is 13.2 Å². The zero-order valence-electron chi connectivity index (χ0n) is 11.5. The zero-order valence-corrected chi connectivity index (χ0v) is 13.1. The van der Waals surface area contributed by atoms with Gasteiger partial charge in [0.25, 0.3) is 0 Å². The number of nitrogens with zero attached hydrogens (tertiary/aromatic N) is 4. The Balaban J connectivity index is 2.19. The van der Waals surface area contributed by atoms with Gasteiger partial charge in [-0.2, -0.15) is 13.2 Å². The molecule has 0 aromatic carbocycles. The van der Waals surface area contributed by atoms with Gasteiger partial charge < -0.3 is 0 Å². The van der Waals surface area contributed by atoms with Crippen molar-refractivity contribution in [3.63, 3.8) is 0 Å². The standard InChI is InChI=1S/C10H15F3N4O2S2/c1-15(7-3-4-21(18,19)5-7)6-17-9(20)16(2)8(14-17)10(11,12)13/h7H,3-6H2,1-2H3. The predicted molar refractivity (Wildman–Crippen MR) is 71.9 cm³/mol. The summed E-state index contributed by atoms with van der Waals surface area (Å²) in [5.74, 6) is -0.959. The smallest absolute Gasteiger partial charge is 0.299 e. The van der Waals surface area contributed by atoms with Crippen LogP contribution < -0.4 is 0 Å². The van der Waals surface area contributed by atoms with Crippen LogP contribution in [0.5, 0.6) is 0 Å². The van der Waals surface area contributed by atoms with Crippen molar-refractivity contribution in [3.05, 3.63) is 10.6 Å². The molecule has 11 heteroatoms. The number of alkyl halides is 3. The second-order valence-electron chi connectivity index (χ2n) is 5.12. The Morgan fingerprint density at radius 2 is 2.10 bits per heavy atom. The van der Waals surface area contributed by atoms with Crippen molar-refractivity contribution in [2.45, 2.75) is 25.3 Å². The number of rotatable bonds is 3.